The smallest absolute Gasteiger partial charge is 0.156 e. The van der Waals surface area contributed by atoms with E-state index in [9.17, 15) is 0 Å². The monoisotopic (exact) mass is 465 g/mol. The number of rotatable bonds is 10. The molecule has 0 N–H and O–H groups in total. The average Bonchev–Trinajstić information content (AvgIpc) is 2.51. The van der Waals surface area contributed by atoms with E-state index in [0.717, 1.165) is 0 Å². The summed E-state index contributed by atoms with van der Waals surface area (Å²) in [5.41, 5.74) is 0. The molecule has 4 nitrogen and oxygen atoms in total. The Hall–Kier alpha value is -0.490. The third-order valence-corrected chi connectivity index (χ3v) is 3.59. The fourth-order valence-electron chi connectivity index (χ4n) is 1.42. The molecule has 1 aromatic carbocycles. The van der Waals surface area contributed by atoms with E-state index in [1.165, 1.54) is 18.4 Å². The van der Waals surface area contributed by atoms with Crippen molar-refractivity contribution in [2.24, 2.45) is 5.16 Å². The van der Waals surface area contributed by atoms with Gasteiger partial charge in [0.05, 0.1) is 16.7 Å². The van der Waals surface area contributed by atoms with Crippen LogP contribution in [0.4, 0.5) is 0 Å². The van der Waals surface area contributed by atoms with E-state index in [2.05, 4.69) is 5.16 Å². The predicted molar refractivity (Wildman–Crippen MR) is 106 cm³/mol. The molecule has 0 spiro atoms. The van der Waals surface area contributed by atoms with Crippen LogP contribution in [-0.2, 0) is 4.84 Å². The summed E-state index contributed by atoms with van der Waals surface area (Å²) in [4.78, 5) is 4.89. The number of nitrogens with zero attached hydrogens (tertiary/aromatic N) is 1. The summed E-state index contributed by atoms with van der Waals surface area (Å²) in [5.74, 6) is 0.821. The fourth-order valence-corrected chi connectivity index (χ4v) is 2.25. The zero-order valence-electron chi connectivity index (χ0n) is 12.7. The molecule has 0 aliphatic rings. The van der Waals surface area contributed by atoms with Crippen molar-refractivity contribution in [3.63, 3.8) is 0 Å². The van der Waals surface area contributed by atoms with Crippen LogP contribution in [0.3, 0.4) is 0 Å². The highest BCUT2D eigenvalue weighted by Gasteiger charge is 2.10. The summed E-state index contributed by atoms with van der Waals surface area (Å²) >= 11 is 34.1. The first kappa shape index (κ1) is 22.6. The van der Waals surface area contributed by atoms with Crippen LogP contribution < -0.4 is 9.47 Å². The first-order valence-corrected chi connectivity index (χ1v) is 9.07. The molecule has 10 heteroatoms. The van der Waals surface area contributed by atoms with Gasteiger partial charge in [0.15, 0.2) is 5.75 Å². The Morgan fingerprint density at radius 2 is 1.52 bits per heavy atom. The van der Waals surface area contributed by atoms with Crippen molar-refractivity contribution >= 4 is 75.8 Å². The van der Waals surface area contributed by atoms with Gasteiger partial charge in [0.1, 0.15) is 27.9 Å². The van der Waals surface area contributed by atoms with Crippen molar-refractivity contribution < 1.29 is 14.3 Å². The molecule has 0 heterocycles. The number of oxime groups is 1. The lowest BCUT2D eigenvalue weighted by atomic mass is 10.3. The van der Waals surface area contributed by atoms with Crippen LogP contribution in [0, 0.1) is 0 Å². The summed E-state index contributed by atoms with van der Waals surface area (Å²) in [6, 6.07) is 3.16. The minimum absolute atomic E-state index is 0.115. The summed E-state index contributed by atoms with van der Waals surface area (Å²) in [6.45, 7) is 0.682. The number of benzene rings is 1. The molecule has 0 saturated carbocycles. The molecule has 1 rings (SSSR count). The molecule has 138 valence electrons. The first-order valence-electron chi connectivity index (χ1n) is 6.81. The molecular weight excluding hydrogens is 455 g/mol. The highest BCUT2D eigenvalue weighted by molar-refractivity contribution is 6.56. The van der Waals surface area contributed by atoms with E-state index in [0.29, 0.717) is 34.6 Å². The third-order valence-electron chi connectivity index (χ3n) is 2.41. The molecule has 0 aliphatic carbocycles. The Kier molecular flexibility index (Phi) is 11.5. The molecule has 0 aromatic heterocycles. The van der Waals surface area contributed by atoms with Crippen molar-refractivity contribution in [3.05, 3.63) is 43.3 Å². The van der Waals surface area contributed by atoms with Crippen LogP contribution in [0.1, 0.15) is 6.42 Å². The summed E-state index contributed by atoms with van der Waals surface area (Å²) in [7, 11) is 0. The average molecular weight is 468 g/mol. The molecule has 0 atom stereocenters. The lowest BCUT2D eigenvalue weighted by Crippen LogP contribution is -2.00. The molecule has 0 aliphatic heterocycles. The molecule has 0 amide bonds. The van der Waals surface area contributed by atoms with Crippen molar-refractivity contribution in [2.75, 3.05) is 19.8 Å². The zero-order valence-corrected chi connectivity index (χ0v) is 17.2. The van der Waals surface area contributed by atoms with Gasteiger partial charge in [0.25, 0.3) is 0 Å². The van der Waals surface area contributed by atoms with Crippen molar-refractivity contribution in [2.45, 2.75) is 6.42 Å². The second-order valence-electron chi connectivity index (χ2n) is 4.24. The van der Waals surface area contributed by atoms with E-state index in [1.807, 2.05) is 0 Å². The standard InChI is InChI=1S/C15H13Cl6NO3/c16-11-8-10(23-6-2-13(18)19)9-12(17)15(11)24-5-1-4-22-25-7-3-14(20)21/h2-4,8-9H,1,5-7H2/b22-4+. The van der Waals surface area contributed by atoms with Gasteiger partial charge < -0.3 is 14.3 Å². The van der Waals surface area contributed by atoms with Gasteiger partial charge in [-0.3, -0.25) is 0 Å². The minimum Gasteiger partial charge on any atom is -0.490 e. The van der Waals surface area contributed by atoms with E-state index < -0.39 is 0 Å². The van der Waals surface area contributed by atoms with Crippen LogP contribution in [0.2, 0.25) is 10.0 Å². The second-order valence-corrected chi connectivity index (χ2v) is 7.07. The number of halogens is 6. The van der Waals surface area contributed by atoms with E-state index in [-0.39, 0.29) is 22.2 Å². The Balaban J connectivity index is 2.44. The second kappa shape index (κ2) is 12.8. The van der Waals surface area contributed by atoms with Crippen molar-refractivity contribution in [3.8, 4) is 11.5 Å². The maximum absolute atomic E-state index is 6.14. The lowest BCUT2D eigenvalue weighted by molar-refractivity contribution is 0.175. The van der Waals surface area contributed by atoms with E-state index in [1.54, 1.807) is 12.1 Å². The van der Waals surface area contributed by atoms with Crippen molar-refractivity contribution in [1.29, 1.82) is 0 Å². The molecule has 25 heavy (non-hydrogen) atoms. The summed E-state index contributed by atoms with van der Waals surface area (Å²) < 4.78 is 11.2. The first-order chi connectivity index (χ1) is 11.9. The predicted octanol–water partition coefficient (Wildman–Crippen LogP) is 6.78. The topological polar surface area (TPSA) is 40.0 Å². The normalized spacial score (nSPS) is 10.5. The van der Waals surface area contributed by atoms with Gasteiger partial charge in [-0.05, 0) is 12.2 Å². The molecule has 0 saturated heterocycles. The summed E-state index contributed by atoms with van der Waals surface area (Å²) in [5, 5.41) is 4.34. The molecule has 0 unspecified atom stereocenters. The molecular formula is C15H13Cl6NO3. The molecule has 0 fully saturated rings. The Labute approximate surface area is 175 Å². The van der Waals surface area contributed by atoms with Crippen LogP contribution in [0.15, 0.2) is 38.4 Å². The molecule has 1 aromatic rings. The van der Waals surface area contributed by atoms with Crippen LogP contribution in [0.5, 0.6) is 11.5 Å². The fraction of sp³-hybridized carbons (Fsp3) is 0.267. The van der Waals surface area contributed by atoms with Gasteiger partial charge in [-0.25, -0.2) is 0 Å². The quantitative estimate of drug-likeness (QED) is 0.216. The molecule has 0 bridgehead atoms. The van der Waals surface area contributed by atoms with Crippen molar-refractivity contribution in [1.82, 2.24) is 0 Å². The zero-order chi connectivity index (χ0) is 18.7. The lowest BCUT2D eigenvalue weighted by Gasteiger charge is -2.11. The Morgan fingerprint density at radius 1 is 0.920 bits per heavy atom. The van der Waals surface area contributed by atoms with Gasteiger partial charge in [0.2, 0.25) is 0 Å². The van der Waals surface area contributed by atoms with Crippen LogP contribution in [-0.4, -0.2) is 26.0 Å². The van der Waals surface area contributed by atoms with Gasteiger partial charge >= 0.3 is 0 Å². The van der Waals surface area contributed by atoms with Gasteiger partial charge in [-0.15, -0.1) is 0 Å². The maximum atomic E-state index is 6.14. The van der Waals surface area contributed by atoms with E-state index in [4.69, 9.17) is 83.9 Å². The third kappa shape index (κ3) is 10.3. The van der Waals surface area contributed by atoms with Gasteiger partial charge in [0, 0.05) is 24.8 Å². The highest BCUT2D eigenvalue weighted by atomic mass is 35.5. The Bertz CT molecular complexity index is 617. The minimum atomic E-state index is 0.115. The van der Waals surface area contributed by atoms with Crippen LogP contribution in [0.25, 0.3) is 0 Å². The SMILES string of the molecule is ClC(Cl)=CCO/N=C/CCOc1c(Cl)cc(OCC=C(Cl)Cl)cc1Cl. The number of ether oxygens (including phenoxy) is 2. The number of hydrogen-bond donors (Lipinski definition) is 0. The highest BCUT2D eigenvalue weighted by Crippen LogP contribution is 2.37. The number of hydrogen-bond acceptors (Lipinski definition) is 4. The van der Waals surface area contributed by atoms with E-state index >= 15 is 0 Å². The van der Waals surface area contributed by atoms with Crippen LogP contribution >= 0.6 is 69.6 Å². The van der Waals surface area contributed by atoms with Gasteiger partial charge in [-0.1, -0.05) is 74.8 Å². The molecule has 0 radical (unpaired) electrons. The largest absolute Gasteiger partial charge is 0.490 e. The maximum Gasteiger partial charge on any atom is 0.156 e. The summed E-state index contributed by atoms with van der Waals surface area (Å²) in [6.07, 6.45) is 4.99. The Morgan fingerprint density at radius 3 is 2.12 bits per heavy atom. The van der Waals surface area contributed by atoms with Gasteiger partial charge in [-0.2, -0.15) is 0 Å².